The second kappa shape index (κ2) is 9.96. The molecular weight excluding hydrogens is 554 g/mol. The number of nitrogen functional groups attached to an aromatic ring is 1. The molecule has 6 nitrogen and oxygen atoms in total. The third kappa shape index (κ3) is 5.42. The van der Waals surface area contributed by atoms with Crippen LogP contribution in [0, 0.1) is 5.92 Å². The van der Waals surface area contributed by atoms with E-state index in [2.05, 4.69) is 16.0 Å². The highest BCUT2D eigenvalue weighted by atomic mass is 35.5. The molecule has 1 saturated carbocycles. The lowest BCUT2D eigenvalue weighted by Gasteiger charge is -2.12. The van der Waals surface area contributed by atoms with Gasteiger partial charge in [0, 0.05) is 34.4 Å². The third-order valence-corrected chi connectivity index (χ3v) is 7.34. The van der Waals surface area contributed by atoms with Gasteiger partial charge in [0.2, 0.25) is 5.91 Å². The van der Waals surface area contributed by atoms with Crippen molar-refractivity contribution < 1.29 is 9.59 Å². The summed E-state index contributed by atoms with van der Waals surface area (Å²) in [5, 5.41) is 9.50. The van der Waals surface area contributed by atoms with Gasteiger partial charge in [-0.1, -0.05) is 34.8 Å². The lowest BCUT2D eigenvalue weighted by Crippen LogP contribution is -2.18. The van der Waals surface area contributed by atoms with Crippen LogP contribution in [0.2, 0.25) is 15.1 Å². The molecule has 11 heteroatoms. The monoisotopic (exact) mass is 570 g/mol. The topological polar surface area (TPSA) is 96.2 Å². The number of halogens is 5. The fraction of sp³-hybridized carbons (Fsp3) is 0.167. The average molecular weight is 573 g/mol. The van der Waals surface area contributed by atoms with Crippen molar-refractivity contribution in [1.29, 1.82) is 0 Å². The van der Waals surface area contributed by atoms with Crippen molar-refractivity contribution in [3.05, 3.63) is 80.8 Å². The van der Waals surface area contributed by atoms with Crippen LogP contribution < -0.4 is 21.7 Å². The van der Waals surface area contributed by atoms with Crippen molar-refractivity contribution in [2.24, 2.45) is 5.92 Å². The van der Waals surface area contributed by atoms with Gasteiger partial charge in [-0.05, 0) is 60.2 Å². The Morgan fingerprint density at radius 1 is 0.886 bits per heavy atom. The number of anilines is 4. The van der Waals surface area contributed by atoms with Crippen LogP contribution in [0.4, 0.5) is 22.7 Å². The van der Waals surface area contributed by atoms with Gasteiger partial charge in [0.15, 0.2) is 0 Å². The number of hydrogen-bond donors (Lipinski definition) is 4. The Morgan fingerprint density at radius 2 is 1.51 bits per heavy atom. The number of benzene rings is 3. The summed E-state index contributed by atoms with van der Waals surface area (Å²) >= 11 is 31.3. The summed E-state index contributed by atoms with van der Waals surface area (Å²) in [6, 6.07) is 14.6. The Hall–Kier alpha value is -2.35. The quantitative estimate of drug-likeness (QED) is 0.188. The van der Waals surface area contributed by atoms with Crippen molar-refractivity contribution >= 4 is 92.6 Å². The van der Waals surface area contributed by atoms with Crippen molar-refractivity contribution in [3.63, 3.8) is 0 Å². The molecule has 0 bridgehead atoms. The molecule has 1 aliphatic rings. The van der Waals surface area contributed by atoms with E-state index in [0.29, 0.717) is 32.7 Å². The van der Waals surface area contributed by atoms with Crippen molar-refractivity contribution in [3.8, 4) is 0 Å². The smallest absolute Gasteiger partial charge is 0.257 e. The largest absolute Gasteiger partial charge is 0.397 e. The minimum absolute atomic E-state index is 0.165. The van der Waals surface area contributed by atoms with E-state index in [4.69, 9.17) is 63.7 Å². The number of nitrogens with one attached hydrogen (secondary N) is 3. The number of rotatable bonds is 6. The van der Waals surface area contributed by atoms with Gasteiger partial charge in [-0.25, -0.2) is 0 Å². The van der Waals surface area contributed by atoms with Gasteiger partial charge in [0.05, 0.1) is 27.9 Å². The number of carbonyl (C=O) groups excluding carboxylic acids is 2. The van der Waals surface area contributed by atoms with Gasteiger partial charge in [-0.15, -0.1) is 23.2 Å². The van der Waals surface area contributed by atoms with E-state index >= 15 is 0 Å². The molecule has 5 N–H and O–H groups in total. The molecule has 1 fully saturated rings. The van der Waals surface area contributed by atoms with Gasteiger partial charge in [0.1, 0.15) is 4.33 Å². The molecule has 1 aliphatic carbocycles. The fourth-order valence-corrected chi connectivity index (χ4v) is 5.46. The molecule has 0 radical (unpaired) electrons. The Kier molecular flexibility index (Phi) is 7.32. The highest BCUT2D eigenvalue weighted by molar-refractivity contribution is 6.53. The van der Waals surface area contributed by atoms with Crippen LogP contribution in [0.15, 0.2) is 54.6 Å². The second-order valence-electron chi connectivity index (χ2n) is 8.02. The van der Waals surface area contributed by atoms with Gasteiger partial charge in [-0.2, -0.15) is 0 Å². The Morgan fingerprint density at radius 3 is 2.14 bits per heavy atom. The van der Waals surface area contributed by atoms with Crippen molar-refractivity contribution in [2.75, 3.05) is 28.7 Å². The van der Waals surface area contributed by atoms with E-state index in [9.17, 15) is 9.59 Å². The predicted octanol–water partition coefficient (Wildman–Crippen LogP) is 7.05. The number of nitrogens with two attached hydrogens (primary N) is 1. The Labute approximate surface area is 227 Å². The third-order valence-electron chi connectivity index (χ3n) is 5.64. The molecular formula is C24H19Cl5N4O2. The van der Waals surface area contributed by atoms with Gasteiger partial charge < -0.3 is 21.7 Å². The maximum atomic E-state index is 13.0. The first kappa shape index (κ1) is 25.7. The zero-order chi connectivity index (χ0) is 25.5. The van der Waals surface area contributed by atoms with E-state index in [1.165, 1.54) is 12.1 Å². The molecule has 2 amide bonds. The minimum atomic E-state index is -1.33. The molecule has 0 saturated heterocycles. The van der Waals surface area contributed by atoms with Gasteiger partial charge in [-0.3, -0.25) is 9.59 Å². The van der Waals surface area contributed by atoms with Crippen LogP contribution in [0.1, 0.15) is 21.8 Å². The van der Waals surface area contributed by atoms with Crippen LogP contribution in [0.25, 0.3) is 0 Å². The van der Waals surface area contributed by atoms with E-state index in [1.807, 2.05) is 0 Å². The SMILES string of the molecule is CNc1ccc(NC(=O)c2cc(NC(=O)C3C(c4cc(Cl)cc(Cl)c4)C3(Cl)Cl)ccc2Cl)cc1N. The zero-order valence-corrected chi connectivity index (χ0v) is 21.9. The molecule has 0 aromatic heterocycles. The molecule has 0 aliphatic heterocycles. The molecule has 182 valence electrons. The summed E-state index contributed by atoms with van der Waals surface area (Å²) in [5.41, 5.74) is 8.84. The summed E-state index contributed by atoms with van der Waals surface area (Å²) in [6.07, 6.45) is 0. The number of carbonyl (C=O) groups is 2. The Balaban J connectivity index is 1.50. The van der Waals surface area contributed by atoms with Gasteiger partial charge >= 0.3 is 0 Å². The molecule has 4 rings (SSSR count). The van der Waals surface area contributed by atoms with Crippen LogP contribution in [0.5, 0.6) is 0 Å². The molecule has 0 heterocycles. The van der Waals surface area contributed by atoms with E-state index < -0.39 is 28.0 Å². The normalized spacial score (nSPS) is 18.0. The standard InChI is InChI=1S/C24H19Cl5N4O2/c1-31-19-5-3-15(10-18(19)30)32-22(34)16-9-14(2-4-17(16)27)33-23(35)21-20(24(21,28)29)11-6-12(25)8-13(26)7-11/h2-10,20-21,31H,30H2,1H3,(H,32,34)(H,33,35). The fourth-order valence-electron chi connectivity index (χ4n) is 3.89. The highest BCUT2D eigenvalue weighted by Gasteiger charge is 2.67. The first-order valence-corrected chi connectivity index (χ1v) is 12.2. The maximum absolute atomic E-state index is 13.0. The lowest BCUT2D eigenvalue weighted by atomic mass is 10.1. The summed E-state index contributed by atoms with van der Waals surface area (Å²) in [6.45, 7) is 0. The minimum Gasteiger partial charge on any atom is -0.397 e. The zero-order valence-electron chi connectivity index (χ0n) is 18.1. The highest BCUT2D eigenvalue weighted by Crippen LogP contribution is 2.65. The first-order valence-electron chi connectivity index (χ1n) is 10.3. The van der Waals surface area contributed by atoms with E-state index in [0.717, 1.165) is 5.69 Å². The first-order chi connectivity index (χ1) is 16.5. The maximum Gasteiger partial charge on any atom is 0.257 e. The molecule has 35 heavy (non-hydrogen) atoms. The summed E-state index contributed by atoms with van der Waals surface area (Å²) in [7, 11) is 1.75. The number of alkyl halides is 2. The summed E-state index contributed by atoms with van der Waals surface area (Å²) < 4.78 is -1.33. The molecule has 3 aromatic rings. The van der Waals surface area contributed by atoms with E-state index in [-0.39, 0.29) is 10.6 Å². The van der Waals surface area contributed by atoms with E-state index in [1.54, 1.807) is 49.5 Å². The molecule has 0 spiro atoms. The summed E-state index contributed by atoms with van der Waals surface area (Å²) in [5.74, 6) is -2.13. The average Bonchev–Trinajstić information content (AvgIpc) is 3.36. The van der Waals surface area contributed by atoms with Crippen LogP contribution in [-0.2, 0) is 4.79 Å². The number of amides is 2. The molecule has 2 atom stereocenters. The summed E-state index contributed by atoms with van der Waals surface area (Å²) in [4.78, 5) is 25.9. The van der Waals surface area contributed by atoms with Crippen LogP contribution >= 0.6 is 58.0 Å². The van der Waals surface area contributed by atoms with Crippen molar-refractivity contribution in [1.82, 2.24) is 0 Å². The van der Waals surface area contributed by atoms with Crippen molar-refractivity contribution in [2.45, 2.75) is 10.3 Å². The number of hydrogen-bond acceptors (Lipinski definition) is 4. The molecule has 2 unspecified atom stereocenters. The van der Waals surface area contributed by atoms with Crippen LogP contribution in [-0.4, -0.2) is 23.2 Å². The molecule has 3 aromatic carbocycles. The lowest BCUT2D eigenvalue weighted by molar-refractivity contribution is -0.117. The Bertz CT molecular complexity index is 1310. The second-order valence-corrected chi connectivity index (χ2v) is 10.7. The van der Waals surface area contributed by atoms with Gasteiger partial charge in [0.25, 0.3) is 5.91 Å². The van der Waals surface area contributed by atoms with Crippen LogP contribution in [0.3, 0.4) is 0 Å². The predicted molar refractivity (Wildman–Crippen MR) is 146 cm³/mol.